The minimum Gasteiger partial charge on any atom is -0.497 e. The largest absolute Gasteiger partial charge is 0.497 e. The van der Waals surface area contributed by atoms with Crippen LogP contribution in [0.3, 0.4) is 0 Å². The first-order valence-corrected chi connectivity index (χ1v) is 10.4. The maximum atomic E-state index is 12.6. The zero-order valence-corrected chi connectivity index (χ0v) is 17.5. The summed E-state index contributed by atoms with van der Waals surface area (Å²) in [6, 6.07) is 5.44. The van der Waals surface area contributed by atoms with Gasteiger partial charge in [0.2, 0.25) is 5.91 Å². The predicted molar refractivity (Wildman–Crippen MR) is 111 cm³/mol. The van der Waals surface area contributed by atoms with Gasteiger partial charge in [-0.25, -0.2) is 4.98 Å². The standard InChI is InChI=1S/C20H28N4O3S/c1-15(17-13-16(26-2)5-6-18(17)27-3)22-19(25)14-23-8-4-9-24(11-10-23)20-21-7-12-28-20/h5-7,12-13,15H,4,8-11,14H2,1-3H3,(H,22,25). The number of amides is 1. The van der Waals surface area contributed by atoms with Crippen molar-refractivity contribution in [3.05, 3.63) is 35.3 Å². The number of benzene rings is 1. The Hall–Kier alpha value is -2.32. The molecule has 0 bridgehead atoms. The van der Waals surface area contributed by atoms with Crippen molar-refractivity contribution in [3.8, 4) is 11.5 Å². The molecule has 1 fully saturated rings. The van der Waals surface area contributed by atoms with E-state index in [0.717, 1.165) is 54.8 Å². The van der Waals surface area contributed by atoms with Crippen LogP contribution >= 0.6 is 11.3 Å². The van der Waals surface area contributed by atoms with Crippen LogP contribution in [0.4, 0.5) is 5.13 Å². The van der Waals surface area contributed by atoms with E-state index in [1.54, 1.807) is 25.6 Å². The van der Waals surface area contributed by atoms with Crippen molar-refractivity contribution >= 4 is 22.4 Å². The molecule has 1 unspecified atom stereocenters. The fraction of sp³-hybridized carbons (Fsp3) is 0.500. The fourth-order valence-corrected chi connectivity index (χ4v) is 4.13. The lowest BCUT2D eigenvalue weighted by atomic mass is 10.1. The topological polar surface area (TPSA) is 66.9 Å². The first-order valence-electron chi connectivity index (χ1n) is 9.48. The van der Waals surface area contributed by atoms with Crippen molar-refractivity contribution in [3.63, 3.8) is 0 Å². The first kappa shape index (κ1) is 20.4. The minimum atomic E-state index is -0.170. The van der Waals surface area contributed by atoms with Crippen molar-refractivity contribution in [1.29, 1.82) is 0 Å². The van der Waals surface area contributed by atoms with Crippen molar-refractivity contribution in [2.24, 2.45) is 0 Å². The Balaban J connectivity index is 1.55. The summed E-state index contributed by atoms with van der Waals surface area (Å²) in [5, 5.41) is 6.15. The first-order chi connectivity index (χ1) is 13.6. The highest BCUT2D eigenvalue weighted by Gasteiger charge is 2.20. The Bertz CT molecular complexity index is 769. The number of methoxy groups -OCH3 is 2. The lowest BCUT2D eigenvalue weighted by molar-refractivity contribution is -0.122. The monoisotopic (exact) mass is 404 g/mol. The number of aromatic nitrogens is 1. The number of rotatable bonds is 7. The Labute approximate surface area is 170 Å². The summed E-state index contributed by atoms with van der Waals surface area (Å²) in [7, 11) is 3.26. The van der Waals surface area contributed by atoms with E-state index in [1.807, 2.05) is 36.7 Å². The molecule has 1 aromatic heterocycles. The molecular formula is C20H28N4O3S. The molecule has 1 aliphatic heterocycles. The molecule has 2 aromatic rings. The summed E-state index contributed by atoms with van der Waals surface area (Å²) in [4.78, 5) is 21.5. The highest BCUT2D eigenvalue weighted by atomic mass is 32.1. The quantitative estimate of drug-likeness (QED) is 0.765. The summed E-state index contributed by atoms with van der Waals surface area (Å²) in [6.07, 6.45) is 2.86. The Morgan fingerprint density at radius 1 is 1.25 bits per heavy atom. The predicted octanol–water partition coefficient (Wildman–Crippen LogP) is 2.55. The lowest BCUT2D eigenvalue weighted by Gasteiger charge is -2.23. The third-order valence-electron chi connectivity index (χ3n) is 4.93. The summed E-state index contributed by atoms with van der Waals surface area (Å²) in [6.45, 7) is 5.98. The third-order valence-corrected chi connectivity index (χ3v) is 5.76. The van der Waals surface area contributed by atoms with Gasteiger partial charge in [-0.05, 0) is 31.5 Å². The van der Waals surface area contributed by atoms with E-state index in [2.05, 4.69) is 20.1 Å². The van der Waals surface area contributed by atoms with Gasteiger partial charge >= 0.3 is 0 Å². The molecule has 7 nitrogen and oxygen atoms in total. The zero-order chi connectivity index (χ0) is 19.9. The van der Waals surface area contributed by atoms with Crippen LogP contribution in [0.15, 0.2) is 29.8 Å². The zero-order valence-electron chi connectivity index (χ0n) is 16.7. The molecule has 1 aromatic carbocycles. The van der Waals surface area contributed by atoms with Gasteiger partial charge in [0.15, 0.2) is 5.13 Å². The van der Waals surface area contributed by atoms with E-state index in [1.165, 1.54) is 0 Å². The molecule has 28 heavy (non-hydrogen) atoms. The van der Waals surface area contributed by atoms with Gasteiger partial charge in [0, 0.05) is 43.3 Å². The van der Waals surface area contributed by atoms with Crippen LogP contribution in [0, 0.1) is 0 Å². The van der Waals surface area contributed by atoms with Crippen molar-refractivity contribution in [2.45, 2.75) is 19.4 Å². The number of carbonyl (C=O) groups is 1. The second-order valence-corrected chi connectivity index (χ2v) is 7.70. The molecule has 152 valence electrons. The van der Waals surface area contributed by atoms with Gasteiger partial charge in [-0.3, -0.25) is 9.69 Å². The van der Waals surface area contributed by atoms with E-state index in [9.17, 15) is 4.79 Å². The fourth-order valence-electron chi connectivity index (χ4n) is 3.44. The van der Waals surface area contributed by atoms with E-state index in [0.29, 0.717) is 6.54 Å². The molecular weight excluding hydrogens is 376 g/mol. The van der Waals surface area contributed by atoms with Gasteiger partial charge in [-0.2, -0.15) is 0 Å². The van der Waals surface area contributed by atoms with Gasteiger partial charge in [-0.1, -0.05) is 0 Å². The average Bonchev–Trinajstić information content (AvgIpc) is 3.14. The Kier molecular flexibility index (Phi) is 7.11. The number of anilines is 1. The van der Waals surface area contributed by atoms with Crippen LogP contribution in [-0.2, 0) is 4.79 Å². The average molecular weight is 405 g/mol. The van der Waals surface area contributed by atoms with Crippen LogP contribution < -0.4 is 19.7 Å². The van der Waals surface area contributed by atoms with Crippen molar-refractivity contribution < 1.29 is 14.3 Å². The number of carbonyl (C=O) groups excluding carboxylic acids is 1. The van der Waals surface area contributed by atoms with Crippen LogP contribution in [0.2, 0.25) is 0 Å². The van der Waals surface area contributed by atoms with Gasteiger partial charge in [0.05, 0.1) is 26.8 Å². The second kappa shape index (κ2) is 9.75. The molecule has 1 atom stereocenters. The van der Waals surface area contributed by atoms with Crippen LogP contribution in [0.1, 0.15) is 24.9 Å². The molecule has 1 aliphatic rings. The van der Waals surface area contributed by atoms with Crippen molar-refractivity contribution in [2.75, 3.05) is 51.8 Å². The number of hydrogen-bond acceptors (Lipinski definition) is 7. The highest BCUT2D eigenvalue weighted by Crippen LogP contribution is 2.29. The second-order valence-electron chi connectivity index (χ2n) is 6.83. The number of thiazole rings is 1. The van der Waals surface area contributed by atoms with Crippen LogP contribution in [0.5, 0.6) is 11.5 Å². The molecule has 3 rings (SSSR count). The summed E-state index contributed by atoms with van der Waals surface area (Å²) >= 11 is 1.66. The molecule has 0 saturated carbocycles. The van der Waals surface area contributed by atoms with E-state index in [4.69, 9.17) is 9.47 Å². The number of hydrogen-bond donors (Lipinski definition) is 1. The van der Waals surface area contributed by atoms with E-state index < -0.39 is 0 Å². The van der Waals surface area contributed by atoms with Gasteiger partial charge in [0.25, 0.3) is 0 Å². The molecule has 1 saturated heterocycles. The lowest BCUT2D eigenvalue weighted by Crippen LogP contribution is -2.40. The van der Waals surface area contributed by atoms with Crippen LogP contribution in [-0.4, -0.2) is 62.7 Å². The summed E-state index contributed by atoms with van der Waals surface area (Å²) in [5.74, 6) is 1.49. The third kappa shape index (κ3) is 5.14. The number of ether oxygens (including phenoxy) is 2. The summed E-state index contributed by atoms with van der Waals surface area (Å²) < 4.78 is 10.7. The van der Waals surface area contributed by atoms with Gasteiger partial charge in [0.1, 0.15) is 11.5 Å². The molecule has 0 spiro atoms. The smallest absolute Gasteiger partial charge is 0.234 e. The van der Waals surface area contributed by atoms with Crippen molar-refractivity contribution in [1.82, 2.24) is 15.2 Å². The Morgan fingerprint density at radius 2 is 2.11 bits per heavy atom. The normalized spacial score (nSPS) is 16.3. The highest BCUT2D eigenvalue weighted by molar-refractivity contribution is 7.13. The summed E-state index contributed by atoms with van der Waals surface area (Å²) in [5.41, 5.74) is 0.904. The maximum absolute atomic E-state index is 12.6. The molecule has 0 aliphatic carbocycles. The maximum Gasteiger partial charge on any atom is 0.234 e. The molecule has 0 radical (unpaired) electrons. The Morgan fingerprint density at radius 3 is 2.82 bits per heavy atom. The van der Waals surface area contributed by atoms with Gasteiger partial charge < -0.3 is 19.7 Å². The minimum absolute atomic E-state index is 0.0140. The van der Waals surface area contributed by atoms with E-state index in [-0.39, 0.29) is 11.9 Å². The van der Waals surface area contributed by atoms with Gasteiger partial charge in [-0.15, -0.1) is 11.3 Å². The number of nitrogens with zero attached hydrogens (tertiary/aromatic N) is 3. The molecule has 1 N–H and O–H groups in total. The van der Waals surface area contributed by atoms with E-state index >= 15 is 0 Å². The SMILES string of the molecule is COc1ccc(OC)c(C(C)NC(=O)CN2CCCN(c3nccs3)CC2)c1. The molecule has 2 heterocycles. The van der Waals surface area contributed by atoms with Crippen LogP contribution in [0.25, 0.3) is 0 Å². The number of nitrogens with one attached hydrogen (secondary N) is 1. The molecule has 8 heteroatoms. The molecule has 1 amide bonds.